The first kappa shape index (κ1) is 19.0. The summed E-state index contributed by atoms with van der Waals surface area (Å²) in [6.45, 7) is 2.58. The van der Waals surface area contributed by atoms with Gasteiger partial charge in [-0.05, 0) is 37.3 Å². The fraction of sp³-hybridized carbons (Fsp3) is 0.250. The lowest BCUT2D eigenvalue weighted by atomic mass is 10.1. The fourth-order valence-electron chi connectivity index (χ4n) is 2.66. The quantitative estimate of drug-likeness (QED) is 0.612. The minimum atomic E-state index is -0.352. The Bertz CT molecular complexity index is 1050. The third kappa shape index (κ3) is 4.15. The van der Waals surface area contributed by atoms with Crippen molar-refractivity contribution in [3.05, 3.63) is 58.4 Å². The number of benzene rings is 2. The average molecular weight is 384 g/mol. The minimum absolute atomic E-state index is 0.0400. The summed E-state index contributed by atoms with van der Waals surface area (Å²) in [4.78, 5) is 28.9. The maximum Gasteiger partial charge on any atom is 0.279 e. The molecule has 0 fully saturated rings. The van der Waals surface area contributed by atoms with Crippen LogP contribution in [0.1, 0.15) is 27.6 Å². The van der Waals surface area contributed by atoms with E-state index in [1.54, 1.807) is 38.5 Å². The third-order valence-electron chi connectivity index (χ3n) is 4.14. The van der Waals surface area contributed by atoms with Crippen LogP contribution in [0.15, 0.2) is 47.5 Å². The summed E-state index contributed by atoms with van der Waals surface area (Å²) in [5.41, 5.74) is 1.97. The van der Waals surface area contributed by atoms with Gasteiger partial charge in [-0.25, -0.2) is 0 Å². The molecule has 0 aliphatic heterocycles. The number of carbonyl (C=O) groups is 2. The molecule has 1 heterocycles. The first-order valence-electron chi connectivity index (χ1n) is 8.40. The summed E-state index contributed by atoms with van der Waals surface area (Å²) in [6, 6.07) is 12.3. The molecule has 0 atom stereocenters. The molecule has 27 heavy (non-hydrogen) atoms. The van der Waals surface area contributed by atoms with E-state index < -0.39 is 0 Å². The van der Waals surface area contributed by atoms with Crippen LogP contribution in [0.4, 0.5) is 0 Å². The Hall–Kier alpha value is -2.77. The number of rotatable bonds is 6. The van der Waals surface area contributed by atoms with E-state index in [0.29, 0.717) is 29.1 Å². The average Bonchev–Trinajstić information content (AvgIpc) is 3.02. The van der Waals surface area contributed by atoms with Crippen molar-refractivity contribution in [3.63, 3.8) is 0 Å². The SMILES string of the molecule is COCCn1c(=NC(=O)c2ccc(C(C)=O)cc2)sc2cc(OC)ccc21. The van der Waals surface area contributed by atoms with Crippen LogP contribution in [0.25, 0.3) is 10.2 Å². The molecule has 0 radical (unpaired) electrons. The van der Waals surface area contributed by atoms with Gasteiger partial charge in [0.15, 0.2) is 10.6 Å². The van der Waals surface area contributed by atoms with E-state index in [-0.39, 0.29) is 11.7 Å². The van der Waals surface area contributed by atoms with Crippen LogP contribution in [0.2, 0.25) is 0 Å². The van der Waals surface area contributed by atoms with Crippen molar-refractivity contribution in [1.29, 1.82) is 0 Å². The highest BCUT2D eigenvalue weighted by atomic mass is 32.1. The van der Waals surface area contributed by atoms with Gasteiger partial charge in [-0.1, -0.05) is 23.5 Å². The van der Waals surface area contributed by atoms with E-state index in [1.165, 1.54) is 18.3 Å². The Labute approximate surface area is 160 Å². The number of ether oxygens (including phenoxy) is 2. The Morgan fingerprint density at radius 1 is 1.07 bits per heavy atom. The van der Waals surface area contributed by atoms with Crippen LogP contribution in [0.3, 0.4) is 0 Å². The maximum absolute atomic E-state index is 12.6. The second-order valence-corrected chi connectivity index (χ2v) is 6.92. The number of nitrogens with zero attached hydrogens (tertiary/aromatic N) is 2. The molecule has 0 saturated heterocycles. The van der Waals surface area contributed by atoms with E-state index >= 15 is 0 Å². The van der Waals surface area contributed by atoms with Crippen molar-refractivity contribution in [3.8, 4) is 5.75 Å². The summed E-state index contributed by atoms with van der Waals surface area (Å²) in [7, 11) is 3.25. The lowest BCUT2D eigenvalue weighted by Gasteiger charge is -2.05. The zero-order chi connectivity index (χ0) is 19.4. The van der Waals surface area contributed by atoms with Gasteiger partial charge in [0.1, 0.15) is 5.75 Å². The van der Waals surface area contributed by atoms with Crippen molar-refractivity contribution in [1.82, 2.24) is 4.57 Å². The number of methoxy groups -OCH3 is 2. The summed E-state index contributed by atoms with van der Waals surface area (Å²) < 4.78 is 13.4. The Kier molecular flexibility index (Phi) is 5.83. The van der Waals surface area contributed by atoms with Crippen LogP contribution in [-0.4, -0.2) is 37.1 Å². The number of hydrogen-bond acceptors (Lipinski definition) is 5. The van der Waals surface area contributed by atoms with Crippen LogP contribution in [-0.2, 0) is 11.3 Å². The molecule has 140 valence electrons. The molecule has 6 nitrogen and oxygen atoms in total. The number of fused-ring (bicyclic) bond motifs is 1. The predicted octanol–water partition coefficient (Wildman–Crippen LogP) is 3.30. The van der Waals surface area contributed by atoms with Crippen LogP contribution >= 0.6 is 11.3 Å². The molecule has 3 rings (SSSR count). The maximum atomic E-state index is 12.6. The van der Waals surface area contributed by atoms with Gasteiger partial charge in [0.2, 0.25) is 0 Å². The number of thiazole rings is 1. The molecule has 0 N–H and O–H groups in total. The van der Waals surface area contributed by atoms with Crippen molar-refractivity contribution in [2.75, 3.05) is 20.8 Å². The number of Topliss-reactive ketones (excluding diaryl/α,β-unsaturated/α-hetero) is 1. The number of carbonyl (C=O) groups excluding carboxylic acids is 2. The van der Waals surface area contributed by atoms with Crippen molar-refractivity contribution < 1.29 is 19.1 Å². The molecule has 0 bridgehead atoms. The molecule has 3 aromatic rings. The number of amides is 1. The molecule has 2 aromatic carbocycles. The van der Waals surface area contributed by atoms with Crippen molar-refractivity contribution >= 4 is 33.2 Å². The number of hydrogen-bond donors (Lipinski definition) is 0. The summed E-state index contributed by atoms with van der Waals surface area (Å²) >= 11 is 1.42. The molecule has 0 saturated carbocycles. The molecule has 1 amide bonds. The zero-order valence-electron chi connectivity index (χ0n) is 15.4. The predicted molar refractivity (Wildman–Crippen MR) is 105 cm³/mol. The topological polar surface area (TPSA) is 69.9 Å². The highest BCUT2D eigenvalue weighted by Gasteiger charge is 2.11. The zero-order valence-corrected chi connectivity index (χ0v) is 16.2. The largest absolute Gasteiger partial charge is 0.497 e. The van der Waals surface area contributed by atoms with E-state index in [9.17, 15) is 9.59 Å². The summed E-state index contributed by atoms with van der Waals surface area (Å²) in [6.07, 6.45) is 0. The van der Waals surface area contributed by atoms with E-state index in [2.05, 4.69) is 4.99 Å². The molecule has 0 aliphatic rings. The molecule has 7 heteroatoms. The van der Waals surface area contributed by atoms with Gasteiger partial charge in [-0.15, -0.1) is 0 Å². The molecular weight excluding hydrogens is 364 g/mol. The third-order valence-corrected chi connectivity index (χ3v) is 5.19. The van der Waals surface area contributed by atoms with E-state index in [4.69, 9.17) is 9.47 Å². The summed E-state index contributed by atoms with van der Waals surface area (Å²) in [5.74, 6) is 0.358. The second kappa shape index (κ2) is 8.28. The smallest absolute Gasteiger partial charge is 0.279 e. The van der Waals surface area contributed by atoms with Gasteiger partial charge in [-0.3, -0.25) is 9.59 Å². The van der Waals surface area contributed by atoms with Gasteiger partial charge in [0, 0.05) is 24.8 Å². The Morgan fingerprint density at radius 3 is 2.41 bits per heavy atom. The van der Waals surface area contributed by atoms with Gasteiger partial charge < -0.3 is 14.0 Å². The normalized spacial score (nSPS) is 11.7. The minimum Gasteiger partial charge on any atom is -0.497 e. The van der Waals surface area contributed by atoms with Crippen molar-refractivity contribution in [2.45, 2.75) is 13.5 Å². The highest BCUT2D eigenvalue weighted by Crippen LogP contribution is 2.23. The van der Waals surface area contributed by atoms with Crippen LogP contribution in [0, 0.1) is 0 Å². The van der Waals surface area contributed by atoms with Crippen LogP contribution in [0.5, 0.6) is 5.75 Å². The van der Waals surface area contributed by atoms with Gasteiger partial charge >= 0.3 is 0 Å². The highest BCUT2D eigenvalue weighted by molar-refractivity contribution is 7.16. The Morgan fingerprint density at radius 2 is 1.78 bits per heavy atom. The van der Waals surface area contributed by atoms with Gasteiger partial charge in [0.05, 0.1) is 23.9 Å². The monoisotopic (exact) mass is 384 g/mol. The molecule has 0 aliphatic carbocycles. The molecule has 1 aromatic heterocycles. The van der Waals surface area contributed by atoms with E-state index in [1.807, 2.05) is 22.8 Å². The summed E-state index contributed by atoms with van der Waals surface area (Å²) in [5, 5.41) is 0. The number of ketones is 1. The lowest BCUT2D eigenvalue weighted by molar-refractivity contribution is 0.0991. The molecular formula is C20H20N2O4S. The first-order chi connectivity index (χ1) is 13.0. The Balaban J connectivity index is 2.04. The molecule has 0 spiro atoms. The molecule has 0 unspecified atom stereocenters. The van der Waals surface area contributed by atoms with E-state index in [0.717, 1.165) is 16.0 Å². The second-order valence-electron chi connectivity index (χ2n) is 5.91. The van der Waals surface area contributed by atoms with Gasteiger partial charge in [0.25, 0.3) is 5.91 Å². The van der Waals surface area contributed by atoms with Gasteiger partial charge in [-0.2, -0.15) is 4.99 Å². The number of aromatic nitrogens is 1. The lowest BCUT2D eigenvalue weighted by Crippen LogP contribution is -2.19. The first-order valence-corrected chi connectivity index (χ1v) is 9.21. The van der Waals surface area contributed by atoms with Crippen LogP contribution < -0.4 is 9.54 Å². The fourth-order valence-corrected chi connectivity index (χ4v) is 3.75. The van der Waals surface area contributed by atoms with Crippen molar-refractivity contribution in [2.24, 2.45) is 4.99 Å². The standard InChI is InChI=1S/C20H20N2O4S/c1-13(23)14-4-6-15(7-5-14)19(24)21-20-22(10-11-25-2)17-9-8-16(26-3)12-18(17)27-20/h4-9,12H,10-11H2,1-3H3.